The van der Waals surface area contributed by atoms with Crippen LogP contribution in [0.1, 0.15) is 43.0 Å². The average Bonchev–Trinajstić information content (AvgIpc) is 2.81. The summed E-state index contributed by atoms with van der Waals surface area (Å²) in [5.41, 5.74) is -4.03. The fraction of sp³-hybridized carbons (Fsp3) is 0.364. The van der Waals surface area contributed by atoms with Crippen LogP contribution in [-0.4, -0.2) is 72.0 Å². The van der Waals surface area contributed by atoms with E-state index in [0.717, 1.165) is 29.8 Å². The zero-order valence-electron chi connectivity index (χ0n) is 19.4. The molecule has 0 aliphatic rings. The molecule has 0 heterocycles. The van der Waals surface area contributed by atoms with E-state index in [-0.39, 0.29) is 30.9 Å². The maximum absolute atomic E-state index is 13.4. The number of esters is 1. The molecule has 0 bridgehead atoms. The van der Waals surface area contributed by atoms with Gasteiger partial charge in [-0.3, -0.25) is 9.35 Å². The molecule has 16 heteroatoms. The molecule has 0 saturated heterocycles. The van der Waals surface area contributed by atoms with E-state index in [1.54, 1.807) is 12.1 Å². The van der Waals surface area contributed by atoms with Crippen LogP contribution in [0.3, 0.4) is 0 Å². The predicted molar refractivity (Wildman–Crippen MR) is 126 cm³/mol. The summed E-state index contributed by atoms with van der Waals surface area (Å²) >= 11 is 0. The molecular formula is C22H17B3F6O6S. The van der Waals surface area contributed by atoms with Crippen molar-refractivity contribution in [1.82, 2.24) is 0 Å². The highest BCUT2D eigenvalue weighted by molar-refractivity contribution is 7.85. The fourth-order valence-electron chi connectivity index (χ4n) is 3.58. The third-order valence-electron chi connectivity index (χ3n) is 5.52. The Morgan fingerprint density at radius 2 is 1.26 bits per heavy atom. The second kappa shape index (κ2) is 11.6. The van der Waals surface area contributed by atoms with E-state index < -0.39 is 51.1 Å². The number of Topliss-reactive ketones (excluding diaryl/α,β-unsaturated/α-hetero) is 1. The average molecular weight is 556 g/mol. The van der Waals surface area contributed by atoms with E-state index in [2.05, 4.69) is 4.74 Å². The standard InChI is InChI=1S/C22H17B3F6O6S/c23-8-12-5-15(9-24)17(16(6-12)10-25)7-18(32)13-1-3-14(4-2-13)19(33)37-20(21(26,27)28,22(29,30)31)11-38(34,35)36/h1-6H,7-11H2,(H,34,35,36). The van der Waals surface area contributed by atoms with Crippen LogP contribution in [0, 0.1) is 0 Å². The molecule has 0 spiro atoms. The Kier molecular flexibility index (Phi) is 9.58. The minimum atomic E-state index is -6.46. The predicted octanol–water partition coefficient (Wildman–Crippen LogP) is 3.03. The monoisotopic (exact) mass is 556 g/mol. The molecule has 0 aliphatic heterocycles. The number of rotatable bonds is 10. The SMILES string of the molecule is [B]Cc1cc(C[B])c(CC(=O)c2ccc(C(=O)OC(CS(=O)(=O)O)(C(F)(F)F)C(F)(F)F)cc2)c(C[B])c1. The summed E-state index contributed by atoms with van der Waals surface area (Å²) in [7, 11) is 11.2. The highest BCUT2D eigenvalue weighted by Gasteiger charge is 2.76. The van der Waals surface area contributed by atoms with E-state index in [9.17, 15) is 44.3 Å². The van der Waals surface area contributed by atoms with Gasteiger partial charge in [-0.05, 0) is 17.7 Å². The largest absolute Gasteiger partial charge is 0.438 e. The summed E-state index contributed by atoms with van der Waals surface area (Å²) < 4.78 is 115. The van der Waals surface area contributed by atoms with Crippen molar-refractivity contribution >= 4 is 45.4 Å². The van der Waals surface area contributed by atoms with Gasteiger partial charge in [-0.2, -0.15) is 34.8 Å². The number of carbonyl (C=O) groups excluding carboxylic acids is 2. The van der Waals surface area contributed by atoms with Gasteiger partial charge in [-0.25, -0.2) is 4.79 Å². The minimum absolute atomic E-state index is 0.0535. The van der Waals surface area contributed by atoms with Crippen LogP contribution >= 0.6 is 0 Å². The molecule has 6 nitrogen and oxygen atoms in total. The van der Waals surface area contributed by atoms with E-state index in [4.69, 9.17) is 28.1 Å². The van der Waals surface area contributed by atoms with Gasteiger partial charge in [0.05, 0.1) is 29.1 Å². The van der Waals surface area contributed by atoms with E-state index in [1.165, 1.54) is 0 Å². The van der Waals surface area contributed by atoms with E-state index in [1.807, 2.05) is 0 Å². The molecule has 198 valence electrons. The van der Waals surface area contributed by atoms with Crippen molar-refractivity contribution in [2.45, 2.75) is 43.3 Å². The van der Waals surface area contributed by atoms with Gasteiger partial charge in [0, 0.05) is 12.0 Å². The highest BCUT2D eigenvalue weighted by Crippen LogP contribution is 2.47. The molecular weight excluding hydrogens is 539 g/mol. The molecule has 2 rings (SSSR count). The first kappa shape index (κ1) is 31.5. The van der Waals surface area contributed by atoms with Crippen LogP contribution in [0.5, 0.6) is 0 Å². The Balaban J connectivity index is 2.37. The first-order valence-corrected chi connectivity index (χ1v) is 12.2. The first-order chi connectivity index (χ1) is 17.4. The number of ketones is 1. The Labute approximate surface area is 218 Å². The van der Waals surface area contributed by atoms with Crippen LogP contribution in [-0.2, 0) is 40.2 Å². The molecule has 0 atom stereocenters. The first-order valence-electron chi connectivity index (χ1n) is 10.6. The molecule has 0 aromatic heterocycles. The number of hydrogen-bond acceptors (Lipinski definition) is 5. The number of halogens is 6. The molecule has 1 N–H and O–H groups in total. The lowest BCUT2D eigenvalue weighted by atomic mass is 9.80. The Morgan fingerprint density at radius 3 is 1.63 bits per heavy atom. The molecule has 0 saturated carbocycles. The summed E-state index contributed by atoms with van der Waals surface area (Å²) in [6.45, 7) is 0. The number of ether oxygens (including phenoxy) is 1. The molecule has 6 radical (unpaired) electrons. The topological polar surface area (TPSA) is 97.7 Å². The molecule has 38 heavy (non-hydrogen) atoms. The Bertz CT molecular complexity index is 1260. The third-order valence-corrected chi connectivity index (χ3v) is 6.29. The van der Waals surface area contributed by atoms with Crippen molar-refractivity contribution in [3.8, 4) is 0 Å². The molecule has 0 fully saturated rings. The van der Waals surface area contributed by atoms with Crippen LogP contribution in [0.15, 0.2) is 36.4 Å². The van der Waals surface area contributed by atoms with Gasteiger partial charge in [0.15, 0.2) is 5.78 Å². The van der Waals surface area contributed by atoms with Crippen molar-refractivity contribution < 1.29 is 53.6 Å². The van der Waals surface area contributed by atoms with Crippen LogP contribution in [0.25, 0.3) is 0 Å². The van der Waals surface area contributed by atoms with Crippen molar-refractivity contribution in [2.24, 2.45) is 0 Å². The van der Waals surface area contributed by atoms with Crippen molar-refractivity contribution in [3.05, 3.63) is 69.8 Å². The lowest BCUT2D eigenvalue weighted by Gasteiger charge is -2.35. The number of benzene rings is 2. The van der Waals surface area contributed by atoms with Crippen molar-refractivity contribution in [1.29, 1.82) is 0 Å². The van der Waals surface area contributed by atoms with Crippen molar-refractivity contribution in [3.63, 3.8) is 0 Å². The number of carbonyl (C=O) groups is 2. The minimum Gasteiger partial charge on any atom is -0.435 e. The van der Waals surface area contributed by atoms with Crippen LogP contribution in [0.2, 0.25) is 0 Å². The van der Waals surface area contributed by atoms with Gasteiger partial charge in [0.25, 0.3) is 10.1 Å². The zero-order chi connectivity index (χ0) is 29.1. The second-order valence-electron chi connectivity index (χ2n) is 8.12. The number of alkyl halides is 6. The van der Waals surface area contributed by atoms with Gasteiger partial charge in [0.1, 0.15) is 5.75 Å². The Hall–Kier alpha value is -2.74. The van der Waals surface area contributed by atoms with Crippen molar-refractivity contribution in [2.75, 3.05) is 5.75 Å². The molecule has 0 unspecified atom stereocenters. The summed E-state index contributed by atoms with van der Waals surface area (Å²) in [5, 5.41) is 0. The smallest absolute Gasteiger partial charge is 0.435 e. The summed E-state index contributed by atoms with van der Waals surface area (Å²) in [5.74, 6) is -5.75. The van der Waals surface area contributed by atoms with E-state index in [0.29, 0.717) is 16.7 Å². The molecule has 0 amide bonds. The molecule has 2 aromatic carbocycles. The lowest BCUT2D eigenvalue weighted by molar-refractivity contribution is -0.356. The van der Waals surface area contributed by atoms with E-state index >= 15 is 0 Å². The van der Waals surface area contributed by atoms with Gasteiger partial charge in [-0.1, -0.05) is 59.9 Å². The maximum atomic E-state index is 13.4. The maximum Gasteiger partial charge on any atom is 0.438 e. The number of hydrogen-bond donors (Lipinski definition) is 1. The van der Waals surface area contributed by atoms with Gasteiger partial charge >= 0.3 is 23.9 Å². The van der Waals surface area contributed by atoms with Gasteiger partial charge < -0.3 is 4.74 Å². The third kappa shape index (κ3) is 7.01. The summed E-state index contributed by atoms with van der Waals surface area (Å²) in [6.07, 6.45) is -12.8. The van der Waals surface area contributed by atoms with Crippen LogP contribution in [0.4, 0.5) is 26.3 Å². The molecule has 0 aliphatic carbocycles. The quantitative estimate of drug-likeness (QED) is 0.159. The highest BCUT2D eigenvalue weighted by atomic mass is 32.2. The summed E-state index contributed by atoms with van der Waals surface area (Å²) in [6, 6.07) is 6.77. The zero-order valence-corrected chi connectivity index (χ0v) is 20.2. The normalized spacial score (nSPS) is 12.8. The summed E-state index contributed by atoms with van der Waals surface area (Å²) in [4.78, 5) is 25.0. The Morgan fingerprint density at radius 1 is 0.816 bits per heavy atom. The van der Waals surface area contributed by atoms with Gasteiger partial charge in [0.2, 0.25) is 0 Å². The van der Waals surface area contributed by atoms with Gasteiger partial charge in [-0.15, -0.1) is 0 Å². The fourth-order valence-corrected chi connectivity index (χ4v) is 4.48. The molecule has 2 aromatic rings. The second-order valence-corrected chi connectivity index (χ2v) is 9.57. The van der Waals surface area contributed by atoms with Crippen LogP contribution < -0.4 is 0 Å². The lowest BCUT2D eigenvalue weighted by Crippen LogP contribution is -2.63.